The molecule has 0 fully saturated rings. The molecule has 1 aromatic heterocycles. The summed E-state index contributed by atoms with van der Waals surface area (Å²) >= 11 is 0. The highest BCUT2D eigenvalue weighted by Gasteiger charge is 2.18. The van der Waals surface area contributed by atoms with Crippen molar-refractivity contribution in [1.29, 1.82) is 0 Å². The van der Waals surface area contributed by atoms with Gasteiger partial charge in [0.15, 0.2) is 6.61 Å². The van der Waals surface area contributed by atoms with E-state index in [4.69, 9.17) is 9.15 Å². The molecule has 0 radical (unpaired) electrons. The summed E-state index contributed by atoms with van der Waals surface area (Å²) in [7, 11) is 0. The molecule has 0 aliphatic rings. The number of hydrogen-bond donors (Lipinski definition) is 1. The van der Waals surface area contributed by atoms with Crippen molar-refractivity contribution >= 4 is 22.8 Å². The SMILES string of the molecule is Cc1c(C)c2ccc(OCC(=O)N[C@H](C(=O)[O-])C(C)C)c(C)c2oc1=O. The number of aliphatic carboxylic acids is 1. The van der Waals surface area contributed by atoms with Crippen LogP contribution in [0.3, 0.4) is 0 Å². The van der Waals surface area contributed by atoms with Crippen LogP contribution in [-0.2, 0) is 9.59 Å². The van der Waals surface area contributed by atoms with Gasteiger partial charge in [0.1, 0.15) is 11.3 Å². The molecular formula is C19H22NO6-. The standard InChI is InChI=1S/C19H23NO6/c1-9(2)16(18(22)23)20-15(21)8-25-14-7-6-13-10(3)11(4)19(24)26-17(13)12(14)5/h6-7,9,16H,8H2,1-5H3,(H,20,21)(H,22,23)/p-1/t16-/m0/s1. The summed E-state index contributed by atoms with van der Waals surface area (Å²) in [6, 6.07) is 2.36. The number of carbonyl (C=O) groups is 2. The van der Waals surface area contributed by atoms with E-state index in [9.17, 15) is 19.5 Å². The van der Waals surface area contributed by atoms with Gasteiger partial charge in [-0.3, -0.25) is 4.79 Å². The van der Waals surface area contributed by atoms with Crippen LogP contribution in [0.15, 0.2) is 21.3 Å². The molecule has 1 amide bonds. The highest BCUT2D eigenvalue weighted by molar-refractivity contribution is 5.86. The molecule has 0 unspecified atom stereocenters. The van der Waals surface area contributed by atoms with Crippen LogP contribution in [0, 0.1) is 26.7 Å². The van der Waals surface area contributed by atoms with E-state index >= 15 is 0 Å². The minimum atomic E-state index is -1.34. The maximum atomic E-state index is 12.0. The van der Waals surface area contributed by atoms with Crippen molar-refractivity contribution in [3.05, 3.63) is 39.2 Å². The first kappa shape index (κ1) is 19.5. The van der Waals surface area contributed by atoms with Gasteiger partial charge in [-0.25, -0.2) is 4.79 Å². The van der Waals surface area contributed by atoms with Gasteiger partial charge in [-0.15, -0.1) is 0 Å². The average molecular weight is 360 g/mol. The molecule has 0 spiro atoms. The molecule has 0 saturated heterocycles. The Morgan fingerprint density at radius 3 is 2.38 bits per heavy atom. The van der Waals surface area contributed by atoms with Gasteiger partial charge >= 0.3 is 5.63 Å². The lowest BCUT2D eigenvalue weighted by molar-refractivity contribution is -0.309. The minimum absolute atomic E-state index is 0.313. The highest BCUT2D eigenvalue weighted by atomic mass is 16.5. The molecule has 0 bridgehead atoms. The third-order valence-corrected chi connectivity index (χ3v) is 4.42. The van der Waals surface area contributed by atoms with Gasteiger partial charge in [-0.05, 0) is 44.4 Å². The molecule has 2 aromatic rings. The quantitative estimate of drug-likeness (QED) is 0.770. The largest absolute Gasteiger partial charge is 0.548 e. The maximum absolute atomic E-state index is 12.0. The number of fused-ring (bicyclic) bond motifs is 1. The summed E-state index contributed by atoms with van der Waals surface area (Å²) in [4.78, 5) is 34.9. The Hall–Kier alpha value is -2.83. The molecule has 0 aliphatic carbocycles. The first-order valence-corrected chi connectivity index (χ1v) is 8.30. The van der Waals surface area contributed by atoms with Crippen LogP contribution in [0.1, 0.15) is 30.5 Å². The van der Waals surface area contributed by atoms with Crippen LogP contribution in [-0.4, -0.2) is 24.5 Å². The van der Waals surface area contributed by atoms with E-state index in [0.717, 1.165) is 10.9 Å². The number of carboxylic acid groups (broad SMARTS) is 1. The molecule has 1 N–H and O–H groups in total. The van der Waals surface area contributed by atoms with Crippen molar-refractivity contribution in [1.82, 2.24) is 5.32 Å². The number of rotatable bonds is 6. The Morgan fingerprint density at radius 1 is 1.15 bits per heavy atom. The Kier molecular flexibility index (Phi) is 5.69. The van der Waals surface area contributed by atoms with E-state index in [2.05, 4.69) is 5.32 Å². The molecular weight excluding hydrogens is 338 g/mol. The van der Waals surface area contributed by atoms with E-state index < -0.39 is 23.5 Å². The van der Waals surface area contributed by atoms with Crippen LogP contribution in [0.4, 0.5) is 0 Å². The van der Waals surface area contributed by atoms with Crippen molar-refractivity contribution in [2.75, 3.05) is 6.61 Å². The van der Waals surface area contributed by atoms with Gasteiger partial charge < -0.3 is 24.4 Å². The Bertz CT molecular complexity index is 912. The van der Waals surface area contributed by atoms with Crippen LogP contribution in [0.2, 0.25) is 0 Å². The molecule has 1 aromatic carbocycles. The zero-order chi connectivity index (χ0) is 19.6. The van der Waals surface area contributed by atoms with Crippen molar-refractivity contribution in [2.45, 2.75) is 40.7 Å². The van der Waals surface area contributed by atoms with E-state index in [1.807, 2.05) is 6.92 Å². The molecule has 0 aliphatic heterocycles. The van der Waals surface area contributed by atoms with Gasteiger partial charge in [-0.1, -0.05) is 13.8 Å². The lowest BCUT2D eigenvalue weighted by Gasteiger charge is -2.23. The number of nitrogens with one attached hydrogen (secondary N) is 1. The van der Waals surface area contributed by atoms with E-state index in [1.165, 1.54) is 0 Å². The van der Waals surface area contributed by atoms with E-state index in [1.54, 1.807) is 39.8 Å². The van der Waals surface area contributed by atoms with Gasteiger partial charge in [-0.2, -0.15) is 0 Å². The second kappa shape index (κ2) is 7.59. The fraction of sp³-hybridized carbons (Fsp3) is 0.421. The summed E-state index contributed by atoms with van der Waals surface area (Å²) < 4.78 is 10.8. The van der Waals surface area contributed by atoms with Crippen LogP contribution < -0.4 is 20.8 Å². The molecule has 7 nitrogen and oxygen atoms in total. The van der Waals surface area contributed by atoms with Crippen LogP contribution in [0.5, 0.6) is 5.75 Å². The Labute approximate surface area is 151 Å². The second-order valence-corrected chi connectivity index (χ2v) is 6.60. The summed E-state index contributed by atoms with van der Waals surface area (Å²) in [6.07, 6.45) is 0. The maximum Gasteiger partial charge on any atom is 0.339 e. The number of carbonyl (C=O) groups excluding carboxylic acids is 2. The Morgan fingerprint density at radius 2 is 1.81 bits per heavy atom. The number of ether oxygens (including phenoxy) is 1. The normalized spacial score (nSPS) is 12.2. The smallest absolute Gasteiger partial charge is 0.339 e. The lowest BCUT2D eigenvalue weighted by Crippen LogP contribution is -2.51. The van der Waals surface area contributed by atoms with Gasteiger partial charge in [0.2, 0.25) is 0 Å². The Balaban J connectivity index is 2.20. The topological polar surface area (TPSA) is 109 Å². The molecule has 1 heterocycles. The molecule has 0 saturated carbocycles. The van der Waals surface area contributed by atoms with Crippen molar-refractivity contribution in [2.24, 2.45) is 5.92 Å². The summed E-state index contributed by atoms with van der Waals surface area (Å²) in [5, 5.41) is 14.2. The van der Waals surface area contributed by atoms with E-state index in [0.29, 0.717) is 22.5 Å². The number of hydrogen-bond acceptors (Lipinski definition) is 6. The average Bonchev–Trinajstić information content (AvgIpc) is 2.57. The van der Waals surface area contributed by atoms with Gasteiger partial charge in [0, 0.05) is 16.5 Å². The lowest BCUT2D eigenvalue weighted by atomic mass is 10.0. The second-order valence-electron chi connectivity index (χ2n) is 6.60. The monoisotopic (exact) mass is 360 g/mol. The van der Waals surface area contributed by atoms with Crippen molar-refractivity contribution in [3.8, 4) is 5.75 Å². The predicted octanol–water partition coefficient (Wildman–Crippen LogP) is 0.988. The zero-order valence-electron chi connectivity index (χ0n) is 15.5. The minimum Gasteiger partial charge on any atom is -0.548 e. The number of benzene rings is 1. The molecule has 2 rings (SSSR count). The van der Waals surface area contributed by atoms with Crippen LogP contribution >= 0.6 is 0 Å². The summed E-state index contributed by atoms with van der Waals surface area (Å²) in [5.74, 6) is -1.85. The number of amides is 1. The summed E-state index contributed by atoms with van der Waals surface area (Å²) in [5.41, 5.74) is 1.97. The van der Waals surface area contributed by atoms with E-state index in [-0.39, 0.29) is 12.5 Å². The fourth-order valence-corrected chi connectivity index (χ4v) is 2.64. The molecule has 26 heavy (non-hydrogen) atoms. The first-order chi connectivity index (χ1) is 12.1. The number of aryl methyl sites for hydroxylation is 2. The van der Waals surface area contributed by atoms with Crippen molar-refractivity contribution < 1.29 is 23.8 Å². The van der Waals surface area contributed by atoms with Gasteiger partial charge in [0.05, 0.1) is 12.0 Å². The first-order valence-electron chi connectivity index (χ1n) is 8.30. The fourth-order valence-electron chi connectivity index (χ4n) is 2.64. The zero-order valence-corrected chi connectivity index (χ0v) is 15.5. The number of carboxylic acids is 1. The van der Waals surface area contributed by atoms with Gasteiger partial charge in [0.25, 0.3) is 5.91 Å². The molecule has 1 atom stereocenters. The van der Waals surface area contributed by atoms with Crippen molar-refractivity contribution in [3.63, 3.8) is 0 Å². The molecule has 7 heteroatoms. The molecule has 140 valence electrons. The summed E-state index contributed by atoms with van der Waals surface area (Å²) in [6.45, 7) is 8.24. The third kappa shape index (κ3) is 3.87. The predicted molar refractivity (Wildman–Crippen MR) is 94.0 cm³/mol. The third-order valence-electron chi connectivity index (χ3n) is 4.42. The van der Waals surface area contributed by atoms with Crippen LogP contribution in [0.25, 0.3) is 11.0 Å². The highest BCUT2D eigenvalue weighted by Crippen LogP contribution is 2.29.